The van der Waals surface area contributed by atoms with E-state index < -0.39 is 9.84 Å². The van der Waals surface area contributed by atoms with Crippen molar-refractivity contribution in [3.05, 3.63) is 29.3 Å². The number of fused-ring (bicyclic) bond motifs is 1. The van der Waals surface area contributed by atoms with Gasteiger partial charge in [-0.15, -0.1) is 0 Å². The highest BCUT2D eigenvalue weighted by atomic mass is 32.2. The van der Waals surface area contributed by atoms with Crippen LogP contribution in [0.5, 0.6) is 0 Å². The molecule has 1 aromatic rings. The van der Waals surface area contributed by atoms with Gasteiger partial charge < -0.3 is 5.32 Å². The summed E-state index contributed by atoms with van der Waals surface area (Å²) in [6, 6.07) is 6.22. The lowest BCUT2D eigenvalue weighted by molar-refractivity contribution is 0.128. The van der Waals surface area contributed by atoms with Gasteiger partial charge in [0.15, 0.2) is 9.84 Å². The van der Waals surface area contributed by atoms with E-state index in [1.54, 1.807) is 6.07 Å². The van der Waals surface area contributed by atoms with Crippen molar-refractivity contribution < 1.29 is 8.42 Å². The Kier molecular flexibility index (Phi) is 2.58. The van der Waals surface area contributed by atoms with Gasteiger partial charge in [0, 0.05) is 12.6 Å². The molecule has 2 heterocycles. The maximum atomic E-state index is 11.9. The smallest absolute Gasteiger partial charge is 0.178 e. The van der Waals surface area contributed by atoms with Crippen LogP contribution in [0.3, 0.4) is 0 Å². The van der Waals surface area contributed by atoms with Gasteiger partial charge in [-0.1, -0.05) is 26.0 Å². The van der Waals surface area contributed by atoms with E-state index in [1.807, 2.05) is 6.07 Å². The molecule has 1 unspecified atom stereocenters. The zero-order chi connectivity index (χ0) is 13.0. The molecule has 1 fully saturated rings. The summed E-state index contributed by atoms with van der Waals surface area (Å²) in [5, 5.41) is 3.43. The van der Waals surface area contributed by atoms with Crippen LogP contribution >= 0.6 is 0 Å². The molecule has 0 amide bonds. The maximum Gasteiger partial charge on any atom is 0.178 e. The first-order chi connectivity index (χ1) is 8.40. The summed E-state index contributed by atoms with van der Waals surface area (Å²) in [6.07, 6.45) is 1.63. The van der Waals surface area contributed by atoms with E-state index in [4.69, 9.17) is 0 Å². The second-order valence-corrected chi connectivity index (χ2v) is 8.17. The first-order valence-corrected chi connectivity index (χ1v) is 8.14. The average Bonchev–Trinajstić information content (AvgIpc) is 2.27. The monoisotopic (exact) mass is 265 g/mol. The number of nitrogens with one attached hydrogen (secondary N) is 1. The van der Waals surface area contributed by atoms with E-state index in [1.165, 1.54) is 5.56 Å². The molecule has 0 spiro atoms. The molecule has 1 N–H and O–H groups in total. The van der Waals surface area contributed by atoms with Crippen LogP contribution in [0.15, 0.2) is 23.1 Å². The van der Waals surface area contributed by atoms with Gasteiger partial charge in [-0.25, -0.2) is 8.42 Å². The number of hydrogen-bond acceptors (Lipinski definition) is 3. The van der Waals surface area contributed by atoms with Gasteiger partial charge in [0.2, 0.25) is 0 Å². The fourth-order valence-corrected chi connectivity index (χ4v) is 4.60. The second-order valence-electron chi connectivity index (χ2n) is 6.09. The van der Waals surface area contributed by atoms with E-state index in [0.29, 0.717) is 16.7 Å². The highest BCUT2D eigenvalue weighted by molar-refractivity contribution is 7.91. The Bertz CT molecular complexity index is 590. The topological polar surface area (TPSA) is 46.2 Å². The van der Waals surface area contributed by atoms with Gasteiger partial charge in [-0.2, -0.15) is 0 Å². The van der Waals surface area contributed by atoms with E-state index in [9.17, 15) is 8.42 Å². The van der Waals surface area contributed by atoms with Crippen LogP contribution in [0.2, 0.25) is 0 Å². The summed E-state index contributed by atoms with van der Waals surface area (Å²) in [5.74, 6) is 0.298. The minimum atomic E-state index is -3.02. The van der Waals surface area contributed by atoms with Crippen LogP contribution in [0.25, 0.3) is 0 Å². The predicted octanol–water partition coefficient (Wildman–Crippen LogP) is 2.08. The fraction of sp³-hybridized carbons (Fsp3) is 0.571. The third-order valence-electron chi connectivity index (χ3n) is 4.16. The molecule has 4 heteroatoms. The molecule has 1 saturated heterocycles. The molecule has 0 bridgehead atoms. The zero-order valence-corrected chi connectivity index (χ0v) is 11.7. The number of aryl methyl sites for hydroxylation is 1. The van der Waals surface area contributed by atoms with Crippen LogP contribution in [0.4, 0.5) is 0 Å². The Hall–Kier alpha value is -0.870. The summed E-state index contributed by atoms with van der Waals surface area (Å²) >= 11 is 0. The van der Waals surface area contributed by atoms with Crippen LogP contribution in [-0.2, 0) is 16.3 Å². The third kappa shape index (κ3) is 1.79. The summed E-state index contributed by atoms with van der Waals surface area (Å²) < 4.78 is 23.9. The Morgan fingerprint density at radius 2 is 2.11 bits per heavy atom. The van der Waals surface area contributed by atoms with E-state index >= 15 is 0 Å². The minimum Gasteiger partial charge on any atom is -0.309 e. The number of rotatable bonds is 1. The molecule has 2 aliphatic rings. The van der Waals surface area contributed by atoms with Crippen LogP contribution < -0.4 is 5.32 Å². The number of benzene rings is 1. The lowest BCUT2D eigenvalue weighted by atomic mass is 9.73. The Morgan fingerprint density at radius 3 is 2.72 bits per heavy atom. The van der Waals surface area contributed by atoms with Gasteiger partial charge in [-0.05, 0) is 35.4 Å². The standard InChI is InChI=1S/C14H19NO2S/c1-14(2)9-15-13(14)11-5-6-12-10(8-11)4-3-7-18(12,16)17/h5-6,8,13,15H,3-4,7,9H2,1-2H3. The minimum absolute atomic E-state index is 0.266. The van der Waals surface area contributed by atoms with Crippen molar-refractivity contribution in [2.24, 2.45) is 5.41 Å². The van der Waals surface area contributed by atoms with Crippen molar-refractivity contribution in [1.29, 1.82) is 0 Å². The zero-order valence-electron chi connectivity index (χ0n) is 10.9. The molecule has 0 saturated carbocycles. The van der Waals surface area contributed by atoms with E-state index in [-0.39, 0.29) is 5.41 Å². The van der Waals surface area contributed by atoms with Gasteiger partial charge in [-0.3, -0.25) is 0 Å². The molecule has 3 rings (SSSR count). The molecule has 0 aromatic heterocycles. The highest BCUT2D eigenvalue weighted by Crippen LogP contribution is 2.41. The molecule has 3 nitrogen and oxygen atoms in total. The highest BCUT2D eigenvalue weighted by Gasteiger charge is 2.39. The van der Waals surface area contributed by atoms with Gasteiger partial charge in [0.1, 0.15) is 0 Å². The SMILES string of the molecule is CC1(C)CNC1c1ccc2c(c1)CCCS2(=O)=O. The molecule has 18 heavy (non-hydrogen) atoms. The Labute approximate surface area is 109 Å². The van der Waals surface area contributed by atoms with E-state index in [0.717, 1.165) is 24.9 Å². The first-order valence-electron chi connectivity index (χ1n) is 6.49. The van der Waals surface area contributed by atoms with Crippen molar-refractivity contribution >= 4 is 9.84 Å². The average molecular weight is 265 g/mol. The molecule has 98 valence electrons. The molecular formula is C14H19NO2S. The summed E-state index contributed by atoms with van der Waals surface area (Å²) in [6.45, 7) is 5.50. The molecular weight excluding hydrogens is 246 g/mol. The lowest BCUT2D eigenvalue weighted by Crippen LogP contribution is -2.52. The number of hydrogen-bond donors (Lipinski definition) is 1. The van der Waals surface area contributed by atoms with Crippen LogP contribution in [0, 0.1) is 5.41 Å². The maximum absolute atomic E-state index is 11.9. The summed E-state index contributed by atoms with van der Waals surface area (Å²) in [7, 11) is -3.02. The van der Waals surface area contributed by atoms with Gasteiger partial charge in [0.05, 0.1) is 10.6 Å². The Balaban J connectivity index is 2.02. The van der Waals surface area contributed by atoms with Crippen molar-refractivity contribution in [2.75, 3.05) is 12.3 Å². The first kappa shape index (κ1) is 12.2. The largest absolute Gasteiger partial charge is 0.309 e. The van der Waals surface area contributed by atoms with Crippen molar-refractivity contribution in [3.8, 4) is 0 Å². The third-order valence-corrected chi connectivity index (χ3v) is 6.05. The van der Waals surface area contributed by atoms with Gasteiger partial charge >= 0.3 is 0 Å². The molecule has 0 radical (unpaired) electrons. The quantitative estimate of drug-likeness (QED) is 0.845. The summed E-state index contributed by atoms with van der Waals surface area (Å²) in [5.41, 5.74) is 2.49. The summed E-state index contributed by atoms with van der Waals surface area (Å²) in [4.78, 5) is 0.551. The van der Waals surface area contributed by atoms with E-state index in [2.05, 4.69) is 25.2 Å². The molecule has 0 aliphatic carbocycles. The lowest BCUT2D eigenvalue weighted by Gasteiger charge is -2.46. The molecule has 1 aromatic carbocycles. The molecule has 1 atom stereocenters. The predicted molar refractivity (Wildman–Crippen MR) is 71.3 cm³/mol. The van der Waals surface area contributed by atoms with Crippen molar-refractivity contribution in [2.45, 2.75) is 37.6 Å². The van der Waals surface area contributed by atoms with Crippen LogP contribution in [0.1, 0.15) is 37.4 Å². The fourth-order valence-electron chi connectivity index (χ4n) is 3.02. The Morgan fingerprint density at radius 1 is 1.33 bits per heavy atom. The van der Waals surface area contributed by atoms with Crippen molar-refractivity contribution in [3.63, 3.8) is 0 Å². The van der Waals surface area contributed by atoms with Crippen molar-refractivity contribution in [1.82, 2.24) is 5.32 Å². The normalized spacial score (nSPS) is 28.2. The van der Waals surface area contributed by atoms with Gasteiger partial charge in [0.25, 0.3) is 0 Å². The molecule has 2 aliphatic heterocycles. The van der Waals surface area contributed by atoms with Crippen LogP contribution in [-0.4, -0.2) is 20.7 Å². The number of sulfone groups is 1. The second kappa shape index (κ2) is 3.81.